The minimum absolute atomic E-state index is 0.0705. The van der Waals surface area contributed by atoms with Crippen molar-refractivity contribution in [3.63, 3.8) is 0 Å². The zero-order chi connectivity index (χ0) is 13.9. The Balaban J connectivity index is 1.71. The van der Waals surface area contributed by atoms with Crippen molar-refractivity contribution in [2.24, 2.45) is 0 Å². The Bertz CT molecular complexity index is 581. The van der Waals surface area contributed by atoms with Gasteiger partial charge in [-0.1, -0.05) is 0 Å². The lowest BCUT2D eigenvalue weighted by molar-refractivity contribution is -0.114. The summed E-state index contributed by atoms with van der Waals surface area (Å²) in [4.78, 5) is 23.5. The highest BCUT2D eigenvalue weighted by Gasteiger charge is 2.28. The first-order valence-electron chi connectivity index (χ1n) is 6.57. The van der Waals surface area contributed by atoms with Crippen LogP contribution in [0, 0.1) is 0 Å². The molecule has 20 heavy (non-hydrogen) atoms. The van der Waals surface area contributed by atoms with Crippen molar-refractivity contribution in [2.75, 3.05) is 11.9 Å². The highest BCUT2D eigenvalue weighted by atomic mass is 32.1. The molecule has 0 aliphatic carbocycles. The number of aromatic nitrogens is 2. The fourth-order valence-corrected chi connectivity index (χ4v) is 3.94. The molecule has 0 saturated carbocycles. The molecule has 106 valence electrons. The molecule has 1 aliphatic heterocycles. The van der Waals surface area contributed by atoms with Crippen LogP contribution in [0.25, 0.3) is 0 Å². The van der Waals surface area contributed by atoms with Gasteiger partial charge in [0.25, 0.3) is 0 Å². The van der Waals surface area contributed by atoms with Gasteiger partial charge in [0, 0.05) is 29.9 Å². The van der Waals surface area contributed by atoms with E-state index >= 15 is 0 Å². The van der Waals surface area contributed by atoms with E-state index in [4.69, 9.17) is 0 Å². The summed E-state index contributed by atoms with van der Waals surface area (Å²) in [5.74, 6) is -0.0705. The predicted molar refractivity (Wildman–Crippen MR) is 80.9 cm³/mol. The number of rotatable bonds is 4. The molecule has 3 rings (SSSR count). The van der Waals surface area contributed by atoms with Crippen molar-refractivity contribution < 1.29 is 4.79 Å². The number of anilines is 1. The summed E-state index contributed by atoms with van der Waals surface area (Å²) in [6.07, 6.45) is 4.25. The molecule has 1 fully saturated rings. The molecular weight excluding hydrogens is 292 g/mol. The van der Waals surface area contributed by atoms with Crippen LogP contribution in [0.1, 0.15) is 36.4 Å². The van der Waals surface area contributed by atoms with Crippen LogP contribution in [0.15, 0.2) is 17.1 Å². The zero-order valence-electron chi connectivity index (χ0n) is 11.2. The third-order valence-electron chi connectivity index (χ3n) is 3.35. The topological polar surface area (TPSA) is 58.1 Å². The highest BCUT2D eigenvalue weighted by molar-refractivity contribution is 7.14. The third kappa shape index (κ3) is 3.05. The van der Waals surface area contributed by atoms with E-state index in [1.165, 1.54) is 29.6 Å². The number of hydrogen-bond acceptors (Lipinski definition) is 6. The van der Waals surface area contributed by atoms with Gasteiger partial charge in [-0.15, -0.1) is 22.7 Å². The Morgan fingerprint density at radius 2 is 2.45 bits per heavy atom. The Morgan fingerprint density at radius 3 is 3.20 bits per heavy atom. The maximum Gasteiger partial charge on any atom is 0.223 e. The van der Waals surface area contributed by atoms with E-state index < -0.39 is 0 Å². The number of carbonyl (C=O) groups excluding carboxylic acids is 1. The second-order valence-corrected chi connectivity index (χ2v) is 6.68. The van der Waals surface area contributed by atoms with Crippen LogP contribution in [-0.2, 0) is 11.3 Å². The fourth-order valence-electron chi connectivity index (χ4n) is 2.52. The molecule has 5 nitrogen and oxygen atoms in total. The Kier molecular flexibility index (Phi) is 4.09. The van der Waals surface area contributed by atoms with Crippen LogP contribution in [-0.4, -0.2) is 27.3 Å². The van der Waals surface area contributed by atoms with E-state index in [1.54, 1.807) is 11.3 Å². The standard InChI is InChI=1S/C13H16N4OS2/c1-9(18)15-13-16-11(7-19-13)12-3-2-4-17(12)6-10-5-14-8-20-10/h5,7-8,12H,2-4,6H2,1H3,(H,15,16,18). The molecule has 0 spiro atoms. The quantitative estimate of drug-likeness (QED) is 0.943. The summed E-state index contributed by atoms with van der Waals surface area (Å²) in [6.45, 7) is 3.53. The van der Waals surface area contributed by atoms with E-state index in [0.29, 0.717) is 11.2 Å². The second-order valence-electron chi connectivity index (χ2n) is 4.85. The molecule has 1 atom stereocenters. The average molecular weight is 308 g/mol. The number of thiazole rings is 2. The van der Waals surface area contributed by atoms with Crippen LogP contribution in [0.4, 0.5) is 5.13 Å². The predicted octanol–water partition coefficient (Wildman–Crippen LogP) is 2.90. The molecular formula is C13H16N4OS2. The number of amides is 1. The molecule has 7 heteroatoms. The van der Waals surface area contributed by atoms with Gasteiger partial charge in [-0.3, -0.25) is 14.7 Å². The summed E-state index contributed by atoms with van der Waals surface area (Å²) < 4.78 is 0. The fraction of sp³-hybridized carbons (Fsp3) is 0.462. The molecule has 1 N–H and O–H groups in total. The molecule has 1 amide bonds. The maximum atomic E-state index is 11.1. The van der Waals surface area contributed by atoms with E-state index in [0.717, 1.165) is 25.2 Å². The Labute approximate surface area is 125 Å². The smallest absolute Gasteiger partial charge is 0.223 e. The van der Waals surface area contributed by atoms with Gasteiger partial charge in [-0.05, 0) is 19.4 Å². The normalized spacial score (nSPS) is 19.4. The molecule has 0 radical (unpaired) electrons. The molecule has 2 aromatic rings. The van der Waals surface area contributed by atoms with Crippen molar-refractivity contribution >= 4 is 33.7 Å². The van der Waals surface area contributed by atoms with Gasteiger partial charge in [0.1, 0.15) is 0 Å². The van der Waals surface area contributed by atoms with Crippen LogP contribution < -0.4 is 5.32 Å². The van der Waals surface area contributed by atoms with Crippen LogP contribution >= 0.6 is 22.7 Å². The summed E-state index contributed by atoms with van der Waals surface area (Å²) in [5, 5.41) is 5.50. The average Bonchev–Trinajstić information content (AvgIpc) is 3.10. The van der Waals surface area contributed by atoms with Crippen LogP contribution in [0.5, 0.6) is 0 Å². The number of nitrogens with one attached hydrogen (secondary N) is 1. The molecule has 0 bridgehead atoms. The monoisotopic (exact) mass is 308 g/mol. The Hall–Kier alpha value is -1.31. The van der Waals surface area contributed by atoms with Gasteiger partial charge in [0.05, 0.1) is 17.2 Å². The minimum Gasteiger partial charge on any atom is -0.302 e. The van der Waals surface area contributed by atoms with Gasteiger partial charge in [-0.25, -0.2) is 4.98 Å². The first-order valence-corrected chi connectivity index (χ1v) is 8.33. The van der Waals surface area contributed by atoms with E-state index in [1.807, 2.05) is 11.7 Å². The molecule has 1 aliphatic rings. The number of hydrogen-bond donors (Lipinski definition) is 1. The van der Waals surface area contributed by atoms with Crippen molar-refractivity contribution in [2.45, 2.75) is 32.4 Å². The second kappa shape index (κ2) is 5.99. The van der Waals surface area contributed by atoms with Crippen molar-refractivity contribution in [1.29, 1.82) is 0 Å². The van der Waals surface area contributed by atoms with Crippen molar-refractivity contribution in [1.82, 2.24) is 14.9 Å². The number of likely N-dealkylation sites (tertiary alicyclic amines) is 1. The lowest BCUT2D eigenvalue weighted by Crippen LogP contribution is -2.22. The summed E-state index contributed by atoms with van der Waals surface area (Å²) in [7, 11) is 0. The summed E-state index contributed by atoms with van der Waals surface area (Å²) in [5.41, 5.74) is 2.94. The summed E-state index contributed by atoms with van der Waals surface area (Å²) in [6, 6.07) is 0.357. The lowest BCUT2D eigenvalue weighted by Gasteiger charge is -2.22. The van der Waals surface area contributed by atoms with Gasteiger partial charge >= 0.3 is 0 Å². The summed E-state index contributed by atoms with van der Waals surface area (Å²) >= 11 is 3.19. The number of nitrogens with zero attached hydrogens (tertiary/aromatic N) is 3. The zero-order valence-corrected chi connectivity index (χ0v) is 12.8. The van der Waals surface area contributed by atoms with Crippen LogP contribution in [0.3, 0.4) is 0 Å². The Morgan fingerprint density at radius 1 is 1.55 bits per heavy atom. The number of carbonyl (C=O) groups is 1. The maximum absolute atomic E-state index is 11.1. The molecule has 2 aromatic heterocycles. The van der Waals surface area contributed by atoms with Gasteiger partial charge in [-0.2, -0.15) is 0 Å². The first-order chi connectivity index (χ1) is 9.72. The van der Waals surface area contributed by atoms with Gasteiger partial charge in [0.15, 0.2) is 5.13 Å². The van der Waals surface area contributed by atoms with Crippen LogP contribution in [0.2, 0.25) is 0 Å². The van der Waals surface area contributed by atoms with E-state index in [2.05, 4.69) is 25.6 Å². The van der Waals surface area contributed by atoms with E-state index in [-0.39, 0.29) is 5.91 Å². The SMILES string of the molecule is CC(=O)Nc1nc(C2CCCN2Cc2cncs2)cs1. The van der Waals surface area contributed by atoms with Crippen molar-refractivity contribution in [3.8, 4) is 0 Å². The molecule has 0 aromatic carbocycles. The highest BCUT2D eigenvalue weighted by Crippen LogP contribution is 2.34. The first kappa shape index (κ1) is 13.7. The van der Waals surface area contributed by atoms with Gasteiger partial charge < -0.3 is 5.32 Å². The van der Waals surface area contributed by atoms with Crippen molar-refractivity contribution in [3.05, 3.63) is 27.7 Å². The van der Waals surface area contributed by atoms with E-state index in [9.17, 15) is 4.79 Å². The lowest BCUT2D eigenvalue weighted by atomic mass is 10.2. The minimum atomic E-state index is -0.0705. The molecule has 3 heterocycles. The third-order valence-corrected chi connectivity index (χ3v) is 4.89. The molecule has 1 saturated heterocycles. The largest absolute Gasteiger partial charge is 0.302 e. The van der Waals surface area contributed by atoms with Gasteiger partial charge in [0.2, 0.25) is 5.91 Å². The molecule has 1 unspecified atom stereocenters.